The number of anilines is 2. The molecule has 168 valence electrons. The molecule has 0 unspecified atom stereocenters. The maximum Gasteiger partial charge on any atom is 0.282 e. The van der Waals surface area contributed by atoms with Crippen LogP contribution in [0.4, 0.5) is 11.4 Å². The average molecular weight is 443 g/mol. The SMILES string of the molecule is COc1ccc(NC2=C(c3ccc(OC(C)C)cc3)C(=O)N(c3ccc(C)cc3)C2=O)cc1. The van der Waals surface area contributed by atoms with Gasteiger partial charge in [0.1, 0.15) is 17.2 Å². The number of rotatable bonds is 7. The van der Waals surface area contributed by atoms with E-state index in [4.69, 9.17) is 9.47 Å². The van der Waals surface area contributed by atoms with Crippen molar-refractivity contribution in [3.8, 4) is 11.5 Å². The molecule has 1 aliphatic rings. The third-order valence-electron chi connectivity index (χ3n) is 5.25. The molecule has 6 heteroatoms. The predicted molar refractivity (Wildman–Crippen MR) is 129 cm³/mol. The molecule has 2 amide bonds. The Labute approximate surface area is 193 Å². The van der Waals surface area contributed by atoms with Gasteiger partial charge in [0.05, 0.1) is 24.5 Å². The standard InChI is InChI=1S/C27H26N2O4/c1-17(2)33-23-13-7-19(8-14-23)24-25(28-20-9-15-22(32-4)16-10-20)27(31)29(26(24)30)21-11-5-18(3)6-12-21/h5-17,28H,1-4H3. The number of hydrogen-bond donors (Lipinski definition) is 1. The molecule has 0 fully saturated rings. The Hall–Kier alpha value is -4.06. The van der Waals surface area contributed by atoms with Crippen molar-refractivity contribution in [1.82, 2.24) is 0 Å². The van der Waals surface area contributed by atoms with Crippen LogP contribution in [0.1, 0.15) is 25.0 Å². The third-order valence-corrected chi connectivity index (χ3v) is 5.25. The van der Waals surface area contributed by atoms with E-state index < -0.39 is 5.91 Å². The first kappa shape index (κ1) is 22.1. The van der Waals surface area contributed by atoms with Crippen molar-refractivity contribution < 1.29 is 19.1 Å². The summed E-state index contributed by atoms with van der Waals surface area (Å²) in [5.74, 6) is 0.617. The van der Waals surface area contributed by atoms with Crippen molar-refractivity contribution >= 4 is 28.8 Å². The molecule has 0 radical (unpaired) electrons. The zero-order valence-corrected chi connectivity index (χ0v) is 19.1. The summed E-state index contributed by atoms with van der Waals surface area (Å²) in [6.07, 6.45) is 0.0362. The molecule has 0 aliphatic carbocycles. The third kappa shape index (κ3) is 4.60. The van der Waals surface area contributed by atoms with Crippen LogP contribution in [0.2, 0.25) is 0 Å². The van der Waals surface area contributed by atoms with E-state index in [-0.39, 0.29) is 17.7 Å². The maximum atomic E-state index is 13.5. The fourth-order valence-electron chi connectivity index (χ4n) is 3.63. The molecule has 33 heavy (non-hydrogen) atoms. The topological polar surface area (TPSA) is 67.9 Å². The number of methoxy groups -OCH3 is 1. The van der Waals surface area contributed by atoms with E-state index in [2.05, 4.69) is 5.32 Å². The van der Waals surface area contributed by atoms with Gasteiger partial charge >= 0.3 is 0 Å². The number of ether oxygens (including phenoxy) is 2. The molecule has 0 saturated carbocycles. The molecular weight excluding hydrogens is 416 g/mol. The summed E-state index contributed by atoms with van der Waals surface area (Å²) in [7, 11) is 1.59. The molecular formula is C27H26N2O4. The van der Waals surface area contributed by atoms with Gasteiger partial charge in [-0.2, -0.15) is 0 Å². The lowest BCUT2D eigenvalue weighted by Crippen LogP contribution is -2.32. The van der Waals surface area contributed by atoms with Crippen LogP contribution in [0.3, 0.4) is 0 Å². The van der Waals surface area contributed by atoms with Crippen LogP contribution in [-0.4, -0.2) is 25.0 Å². The predicted octanol–water partition coefficient (Wildman–Crippen LogP) is 5.19. The van der Waals surface area contributed by atoms with Crippen molar-refractivity contribution in [3.63, 3.8) is 0 Å². The lowest BCUT2D eigenvalue weighted by molar-refractivity contribution is -0.120. The Kier molecular flexibility index (Phi) is 6.18. The van der Waals surface area contributed by atoms with E-state index in [1.165, 1.54) is 4.90 Å². The second kappa shape index (κ2) is 9.20. The number of nitrogens with zero attached hydrogens (tertiary/aromatic N) is 1. The summed E-state index contributed by atoms with van der Waals surface area (Å²) in [6.45, 7) is 5.86. The highest BCUT2D eigenvalue weighted by atomic mass is 16.5. The Bertz CT molecular complexity index is 1190. The van der Waals surface area contributed by atoms with Crippen molar-refractivity contribution in [3.05, 3.63) is 89.6 Å². The lowest BCUT2D eigenvalue weighted by atomic mass is 10.0. The number of carbonyl (C=O) groups excluding carboxylic acids is 2. The molecule has 6 nitrogen and oxygen atoms in total. The highest BCUT2D eigenvalue weighted by Gasteiger charge is 2.40. The van der Waals surface area contributed by atoms with Crippen LogP contribution < -0.4 is 19.7 Å². The second-order valence-electron chi connectivity index (χ2n) is 8.08. The number of hydrogen-bond acceptors (Lipinski definition) is 5. The van der Waals surface area contributed by atoms with Gasteiger partial charge in [-0.3, -0.25) is 9.59 Å². The molecule has 3 aromatic carbocycles. The van der Waals surface area contributed by atoms with Gasteiger partial charge in [-0.05, 0) is 74.9 Å². The van der Waals surface area contributed by atoms with Gasteiger partial charge in [-0.1, -0.05) is 29.8 Å². The molecule has 0 bridgehead atoms. The molecule has 1 N–H and O–H groups in total. The van der Waals surface area contributed by atoms with E-state index in [0.29, 0.717) is 34.0 Å². The average Bonchev–Trinajstić information content (AvgIpc) is 3.04. The van der Waals surface area contributed by atoms with Gasteiger partial charge in [0.15, 0.2) is 0 Å². The number of carbonyl (C=O) groups is 2. The first-order valence-electron chi connectivity index (χ1n) is 10.8. The minimum absolute atomic E-state index is 0.0362. The van der Waals surface area contributed by atoms with Gasteiger partial charge in [0.25, 0.3) is 11.8 Å². The number of amides is 2. The van der Waals surface area contributed by atoms with Gasteiger partial charge in [0, 0.05) is 5.69 Å². The van der Waals surface area contributed by atoms with E-state index in [1.54, 1.807) is 67.8 Å². The van der Waals surface area contributed by atoms with Crippen molar-refractivity contribution in [2.45, 2.75) is 26.9 Å². The van der Waals surface area contributed by atoms with Crippen LogP contribution in [0, 0.1) is 6.92 Å². The van der Waals surface area contributed by atoms with E-state index in [1.807, 2.05) is 32.9 Å². The number of aryl methyl sites for hydroxylation is 1. The smallest absolute Gasteiger partial charge is 0.282 e. The molecule has 0 spiro atoms. The second-order valence-corrected chi connectivity index (χ2v) is 8.08. The van der Waals surface area contributed by atoms with Crippen molar-refractivity contribution in [1.29, 1.82) is 0 Å². The van der Waals surface area contributed by atoms with Crippen LogP contribution in [-0.2, 0) is 9.59 Å². The summed E-state index contributed by atoms with van der Waals surface area (Å²) < 4.78 is 10.9. The molecule has 3 aromatic rings. The highest BCUT2D eigenvalue weighted by Crippen LogP contribution is 2.34. The highest BCUT2D eigenvalue weighted by molar-refractivity contribution is 6.46. The lowest BCUT2D eigenvalue weighted by Gasteiger charge is -2.15. The van der Waals surface area contributed by atoms with E-state index in [9.17, 15) is 9.59 Å². The number of benzene rings is 3. The van der Waals surface area contributed by atoms with Crippen LogP contribution in [0.15, 0.2) is 78.5 Å². The Morgan fingerprint density at radius 2 is 1.39 bits per heavy atom. The van der Waals surface area contributed by atoms with Crippen LogP contribution >= 0.6 is 0 Å². The summed E-state index contributed by atoms with van der Waals surface area (Å²) in [5, 5.41) is 3.16. The minimum atomic E-state index is -0.405. The van der Waals surface area contributed by atoms with Crippen LogP contribution in [0.5, 0.6) is 11.5 Å². The summed E-state index contributed by atoms with van der Waals surface area (Å²) in [6, 6.07) is 21.7. The Balaban J connectivity index is 1.75. The van der Waals surface area contributed by atoms with Gasteiger partial charge in [0.2, 0.25) is 0 Å². The number of imide groups is 1. The van der Waals surface area contributed by atoms with Gasteiger partial charge in [-0.25, -0.2) is 4.90 Å². The number of nitrogens with one attached hydrogen (secondary N) is 1. The zero-order valence-electron chi connectivity index (χ0n) is 19.1. The summed E-state index contributed by atoms with van der Waals surface area (Å²) >= 11 is 0. The Morgan fingerprint density at radius 1 is 0.788 bits per heavy atom. The first-order chi connectivity index (χ1) is 15.9. The Morgan fingerprint density at radius 3 is 1.97 bits per heavy atom. The molecule has 0 aromatic heterocycles. The van der Waals surface area contributed by atoms with E-state index in [0.717, 1.165) is 5.56 Å². The maximum absolute atomic E-state index is 13.5. The normalized spacial score (nSPS) is 13.7. The quantitative estimate of drug-likeness (QED) is 0.510. The van der Waals surface area contributed by atoms with Crippen molar-refractivity contribution in [2.24, 2.45) is 0 Å². The van der Waals surface area contributed by atoms with Crippen molar-refractivity contribution in [2.75, 3.05) is 17.3 Å². The molecule has 1 aliphatic heterocycles. The van der Waals surface area contributed by atoms with Gasteiger partial charge < -0.3 is 14.8 Å². The molecule has 1 heterocycles. The fraction of sp³-hybridized carbons (Fsp3) is 0.185. The molecule has 0 atom stereocenters. The summed E-state index contributed by atoms with van der Waals surface area (Å²) in [4.78, 5) is 28.2. The van der Waals surface area contributed by atoms with E-state index >= 15 is 0 Å². The monoisotopic (exact) mass is 442 g/mol. The van der Waals surface area contributed by atoms with Gasteiger partial charge in [-0.15, -0.1) is 0 Å². The first-order valence-corrected chi connectivity index (χ1v) is 10.8. The zero-order chi connectivity index (χ0) is 23.5. The van der Waals surface area contributed by atoms with Crippen LogP contribution in [0.25, 0.3) is 5.57 Å². The summed E-state index contributed by atoms with van der Waals surface area (Å²) in [5.41, 5.74) is 3.42. The molecule has 0 saturated heterocycles. The largest absolute Gasteiger partial charge is 0.497 e. The fourth-order valence-corrected chi connectivity index (χ4v) is 3.63. The molecule has 4 rings (SSSR count). The minimum Gasteiger partial charge on any atom is -0.497 e.